The second-order valence-corrected chi connectivity index (χ2v) is 20.7. The van der Waals surface area contributed by atoms with Gasteiger partial charge in [-0.05, 0) is 104 Å². The van der Waals surface area contributed by atoms with Crippen LogP contribution >= 0.6 is 0 Å². The van der Waals surface area contributed by atoms with Crippen molar-refractivity contribution in [2.24, 2.45) is 5.41 Å². The number of methoxy groups -OCH3 is 10. The lowest BCUT2D eigenvalue weighted by Crippen LogP contribution is -2.53. The van der Waals surface area contributed by atoms with Crippen LogP contribution < -0.4 is 47.4 Å². The normalized spacial score (nSPS) is 19.6. The van der Waals surface area contributed by atoms with Crippen LogP contribution in [0.25, 0.3) is 0 Å². The maximum absolute atomic E-state index is 14.1. The van der Waals surface area contributed by atoms with Gasteiger partial charge in [0, 0.05) is 42.4 Å². The van der Waals surface area contributed by atoms with Gasteiger partial charge in [0.2, 0.25) is 11.5 Å². The van der Waals surface area contributed by atoms with Crippen LogP contribution in [0.2, 0.25) is 0 Å². The number of hydrogen-bond donors (Lipinski definition) is 2. The van der Waals surface area contributed by atoms with Gasteiger partial charge in [-0.15, -0.1) is 0 Å². The lowest BCUT2D eigenvalue weighted by atomic mass is 9.74. The van der Waals surface area contributed by atoms with E-state index in [2.05, 4.69) is 38.4 Å². The Labute approximate surface area is 444 Å². The molecule has 2 aliphatic rings. The monoisotopic (exact) mass is 1040 g/mol. The minimum atomic E-state index is -0.998. The van der Waals surface area contributed by atoms with Gasteiger partial charge in [-0.2, -0.15) is 0 Å². The van der Waals surface area contributed by atoms with E-state index in [4.69, 9.17) is 47.4 Å². The number of quaternary nitrogens is 2. The summed E-state index contributed by atoms with van der Waals surface area (Å²) in [7, 11) is 20.9. The molecule has 75 heavy (non-hydrogen) atoms. The van der Waals surface area contributed by atoms with Crippen molar-refractivity contribution < 1.29 is 76.1 Å². The molecule has 4 aromatic rings. The molecule has 16 heteroatoms. The van der Waals surface area contributed by atoms with Crippen molar-refractivity contribution in [1.82, 2.24) is 0 Å². The largest absolute Gasteiger partial charge is 0.493 e. The van der Waals surface area contributed by atoms with Gasteiger partial charge >= 0.3 is 11.9 Å². The molecule has 4 aromatic carbocycles. The third-order valence-corrected chi connectivity index (χ3v) is 16.4. The average Bonchev–Trinajstić information content (AvgIpc) is 3.41. The molecule has 0 aliphatic carbocycles. The van der Waals surface area contributed by atoms with Crippen LogP contribution in [0.1, 0.15) is 116 Å². The van der Waals surface area contributed by atoms with Gasteiger partial charge in [0.15, 0.2) is 46.0 Å². The zero-order chi connectivity index (χ0) is 54.5. The lowest BCUT2D eigenvalue weighted by molar-refractivity contribution is -0.941. The zero-order valence-corrected chi connectivity index (χ0v) is 46.7. The molecule has 5 atom stereocenters. The van der Waals surface area contributed by atoms with Gasteiger partial charge in [0.05, 0.1) is 117 Å². The number of carbonyl (C=O) groups is 2. The summed E-state index contributed by atoms with van der Waals surface area (Å²) in [5.74, 6) is 4.39. The average molecular weight is 1050 g/mol. The van der Waals surface area contributed by atoms with E-state index >= 15 is 0 Å². The standard InChI is InChI=1S/C59H82N2O14/c1-60(28-21-40-33-46(66-3)48(68-5)37-43(40)45(60)30-39-31-50(70-7)56(74-11)51(32-39)71-8)26-18-24-59(58(64)65,23-17-15-13-14-16-20-54(62)63)25-19-27-61(2)29-22-41-34-47(67-4)49(69-6)38-44(41)55(61)42-35-52(72-9)57(75-12)53(36-42)73-10/h31-38,45,55H,13-30H2,1-12H3/p+2/t45-,55+,59?,60+,61-/m1/s1. The van der Waals surface area contributed by atoms with E-state index in [1.807, 2.05) is 24.3 Å². The van der Waals surface area contributed by atoms with Crippen LogP contribution in [-0.2, 0) is 28.9 Å². The van der Waals surface area contributed by atoms with E-state index in [1.165, 1.54) is 11.1 Å². The molecule has 6 rings (SSSR count). The van der Waals surface area contributed by atoms with Gasteiger partial charge in [-0.1, -0.05) is 25.7 Å². The molecular weight excluding hydrogens is 961 g/mol. The second kappa shape index (κ2) is 26.0. The number of carboxylic acids is 2. The molecular formula is C59H84N2O14+2. The Morgan fingerprint density at radius 1 is 0.493 bits per heavy atom. The molecule has 0 aromatic heterocycles. The van der Waals surface area contributed by atoms with Gasteiger partial charge in [0.1, 0.15) is 12.1 Å². The Kier molecular flexibility index (Phi) is 20.1. The molecule has 0 spiro atoms. The van der Waals surface area contributed by atoms with Crippen molar-refractivity contribution >= 4 is 11.9 Å². The Hall–Kier alpha value is -6.26. The van der Waals surface area contributed by atoms with Gasteiger partial charge in [-0.25, -0.2) is 0 Å². The number of fused-ring (bicyclic) bond motifs is 2. The van der Waals surface area contributed by atoms with Gasteiger partial charge in [0.25, 0.3) is 0 Å². The van der Waals surface area contributed by atoms with E-state index in [0.717, 1.165) is 80.4 Å². The summed E-state index contributed by atoms with van der Waals surface area (Å²) >= 11 is 0. The highest BCUT2D eigenvalue weighted by molar-refractivity contribution is 5.74. The third kappa shape index (κ3) is 12.9. The second-order valence-electron chi connectivity index (χ2n) is 20.7. The summed E-state index contributed by atoms with van der Waals surface area (Å²) in [6.07, 6.45) is 9.09. The summed E-state index contributed by atoms with van der Waals surface area (Å²) in [5.41, 5.74) is 5.61. The van der Waals surface area contributed by atoms with Crippen LogP contribution in [-0.4, -0.2) is 142 Å². The highest BCUT2D eigenvalue weighted by Gasteiger charge is 2.45. The fraction of sp³-hybridized carbons (Fsp3) is 0.559. The van der Waals surface area contributed by atoms with E-state index in [1.54, 1.807) is 71.1 Å². The van der Waals surface area contributed by atoms with Crippen molar-refractivity contribution in [3.05, 3.63) is 81.9 Å². The molecule has 0 saturated carbocycles. The maximum atomic E-state index is 14.1. The number of hydrogen-bond acceptors (Lipinski definition) is 12. The van der Waals surface area contributed by atoms with Gasteiger partial charge < -0.3 is 66.5 Å². The first-order chi connectivity index (χ1) is 36.0. The number of nitrogens with zero attached hydrogens (tertiary/aromatic N) is 2. The number of unbranched alkanes of at least 4 members (excludes halogenated alkanes) is 4. The maximum Gasteiger partial charge on any atom is 0.309 e. The van der Waals surface area contributed by atoms with Crippen molar-refractivity contribution in [2.75, 3.05) is 111 Å². The first kappa shape index (κ1) is 58.0. The van der Waals surface area contributed by atoms with Crippen molar-refractivity contribution in [1.29, 1.82) is 0 Å². The molecule has 2 aliphatic heterocycles. The smallest absolute Gasteiger partial charge is 0.309 e. The minimum absolute atomic E-state index is 0.0291. The van der Waals surface area contributed by atoms with E-state index < -0.39 is 17.4 Å². The predicted molar refractivity (Wildman–Crippen MR) is 287 cm³/mol. The Balaban J connectivity index is 1.34. The minimum Gasteiger partial charge on any atom is -0.493 e. The fourth-order valence-corrected chi connectivity index (χ4v) is 12.2. The molecule has 0 saturated heterocycles. The van der Waals surface area contributed by atoms with E-state index in [0.29, 0.717) is 118 Å². The quantitative estimate of drug-likeness (QED) is 0.0374. The summed E-state index contributed by atoms with van der Waals surface area (Å²) in [5, 5.41) is 20.8. The number of benzene rings is 4. The summed E-state index contributed by atoms with van der Waals surface area (Å²) in [6.45, 7) is 3.07. The van der Waals surface area contributed by atoms with E-state index in [9.17, 15) is 19.8 Å². The third-order valence-electron chi connectivity index (χ3n) is 16.4. The summed E-state index contributed by atoms with van der Waals surface area (Å²) in [6, 6.07) is 16.2. The molecule has 1 unspecified atom stereocenters. The number of aliphatic carboxylic acids is 2. The number of carboxylic acid groups (broad SMARTS) is 2. The molecule has 16 nitrogen and oxygen atoms in total. The molecule has 0 radical (unpaired) electrons. The predicted octanol–water partition coefficient (Wildman–Crippen LogP) is 10.3. The van der Waals surface area contributed by atoms with Crippen LogP contribution in [0.4, 0.5) is 0 Å². The molecule has 412 valence electrons. The molecule has 2 N–H and O–H groups in total. The van der Waals surface area contributed by atoms with Crippen LogP contribution in [0.3, 0.4) is 0 Å². The van der Waals surface area contributed by atoms with Crippen molar-refractivity contribution in [3.8, 4) is 57.5 Å². The lowest BCUT2D eigenvalue weighted by Gasteiger charge is -2.47. The van der Waals surface area contributed by atoms with Gasteiger partial charge in [-0.3, -0.25) is 9.59 Å². The zero-order valence-electron chi connectivity index (χ0n) is 46.7. The van der Waals surface area contributed by atoms with Crippen LogP contribution in [0.15, 0.2) is 48.5 Å². The van der Waals surface area contributed by atoms with Crippen molar-refractivity contribution in [2.45, 2.75) is 102 Å². The Morgan fingerprint density at radius 3 is 1.39 bits per heavy atom. The SMILES string of the molecule is COc1cc2c(cc1OC)[C@H](c1cc(OC)c(OC)c(OC)c1)[N@+](C)(CCCC(CCCCCCCC(=O)O)(CCC[N@@+]1(C)CCc3cc(OC)c(OC)cc3[C@H]1Cc1cc(OC)c(OC)c(OC)c1)C(=O)O)CC2. The first-order valence-electron chi connectivity index (χ1n) is 26.3. The Morgan fingerprint density at radius 2 is 0.907 bits per heavy atom. The number of rotatable bonds is 30. The topological polar surface area (TPSA) is 167 Å². The number of likely N-dealkylation sites (N-methyl/N-ethyl adjacent to an activating group) is 2. The Bertz CT molecular complexity index is 2540. The van der Waals surface area contributed by atoms with Crippen LogP contribution in [0.5, 0.6) is 57.5 Å². The highest BCUT2D eigenvalue weighted by Crippen LogP contribution is 2.50. The van der Waals surface area contributed by atoms with Crippen LogP contribution in [0, 0.1) is 5.41 Å². The number of ether oxygens (including phenoxy) is 10. The van der Waals surface area contributed by atoms with E-state index in [-0.39, 0.29) is 18.5 Å². The highest BCUT2D eigenvalue weighted by atomic mass is 16.5. The molecule has 0 fully saturated rings. The molecule has 0 amide bonds. The summed E-state index contributed by atoms with van der Waals surface area (Å²) < 4.78 is 59.4. The first-order valence-corrected chi connectivity index (χ1v) is 26.3. The summed E-state index contributed by atoms with van der Waals surface area (Å²) in [4.78, 5) is 25.4. The fourth-order valence-electron chi connectivity index (χ4n) is 12.2. The van der Waals surface area contributed by atoms with Crippen molar-refractivity contribution in [3.63, 3.8) is 0 Å². The molecule has 0 bridgehead atoms. The molecule has 2 heterocycles.